The molecule has 0 aromatic carbocycles. The summed E-state index contributed by atoms with van der Waals surface area (Å²) >= 11 is 0. The van der Waals surface area contributed by atoms with Crippen molar-refractivity contribution in [1.29, 1.82) is 0 Å². The molecule has 1 N–H and O–H groups in total. The first-order valence-corrected chi connectivity index (χ1v) is 8.06. The van der Waals surface area contributed by atoms with E-state index in [1.54, 1.807) is 7.11 Å². The van der Waals surface area contributed by atoms with Crippen LogP contribution in [0.2, 0.25) is 0 Å². The first kappa shape index (κ1) is 18.8. The van der Waals surface area contributed by atoms with E-state index in [2.05, 4.69) is 5.32 Å². The summed E-state index contributed by atoms with van der Waals surface area (Å²) in [5.41, 5.74) is -0.282. The smallest absolute Gasteiger partial charge is 0.379 e. The number of ether oxygens (including phenoxy) is 1. The Hall–Kier alpha value is -0.290. The number of hydrogen-bond donors (Lipinski definition) is 1. The van der Waals surface area contributed by atoms with Gasteiger partial charge in [0.2, 0.25) is 0 Å². The molecule has 1 fully saturated rings. The summed E-state index contributed by atoms with van der Waals surface area (Å²) in [4.78, 5) is 0. The first-order chi connectivity index (χ1) is 9.71. The lowest BCUT2D eigenvalue weighted by molar-refractivity contribution is -0.199. The highest BCUT2D eigenvalue weighted by Crippen LogP contribution is 2.43. The normalized spacial score (nSPS) is 25.9. The highest BCUT2D eigenvalue weighted by molar-refractivity contribution is 4.89. The lowest BCUT2D eigenvalue weighted by atomic mass is 9.73. The maximum Gasteiger partial charge on any atom is 0.392 e. The van der Waals surface area contributed by atoms with E-state index in [1.165, 1.54) is 0 Å². The average Bonchev–Trinajstić information content (AvgIpc) is 2.42. The Balaban J connectivity index is 2.76. The van der Waals surface area contributed by atoms with Crippen LogP contribution in [-0.4, -0.2) is 31.5 Å². The summed E-state index contributed by atoms with van der Waals surface area (Å²) in [5.74, 6) is -1.45. The zero-order valence-corrected chi connectivity index (χ0v) is 13.7. The molecule has 2 nitrogen and oxygen atoms in total. The van der Waals surface area contributed by atoms with Crippen LogP contribution < -0.4 is 5.32 Å². The molecule has 0 aliphatic heterocycles. The first-order valence-electron chi connectivity index (χ1n) is 8.06. The summed E-state index contributed by atoms with van der Waals surface area (Å²) < 4.78 is 45.2. The lowest BCUT2D eigenvalue weighted by Gasteiger charge is -2.39. The molecule has 0 aromatic rings. The van der Waals surface area contributed by atoms with Gasteiger partial charge in [0.1, 0.15) is 0 Å². The minimum Gasteiger partial charge on any atom is -0.379 e. The predicted octanol–water partition coefficient (Wildman–Crippen LogP) is 4.54. The lowest BCUT2D eigenvalue weighted by Crippen LogP contribution is -2.46. The number of alkyl halides is 3. The molecule has 1 aliphatic carbocycles. The summed E-state index contributed by atoms with van der Waals surface area (Å²) in [6.45, 7) is 6.63. The third kappa shape index (κ3) is 5.78. The van der Waals surface area contributed by atoms with Crippen molar-refractivity contribution in [1.82, 2.24) is 5.32 Å². The molecule has 1 aliphatic rings. The Morgan fingerprint density at radius 2 is 1.81 bits per heavy atom. The van der Waals surface area contributed by atoms with E-state index in [0.29, 0.717) is 19.4 Å². The Kier molecular flexibility index (Phi) is 6.98. The molecule has 3 atom stereocenters. The third-order valence-corrected chi connectivity index (χ3v) is 4.83. The number of rotatable bonds is 7. The zero-order chi connectivity index (χ0) is 16.1. The predicted molar refractivity (Wildman–Crippen MR) is 79.3 cm³/mol. The van der Waals surface area contributed by atoms with E-state index in [-0.39, 0.29) is 24.0 Å². The molecule has 0 radical (unpaired) electrons. The van der Waals surface area contributed by atoms with Crippen molar-refractivity contribution in [2.75, 3.05) is 13.7 Å². The molecule has 0 saturated heterocycles. The SMILES string of the molecule is CCNC(CCC(C)(C)OC)C1CCCCC1C(F)(F)F. The van der Waals surface area contributed by atoms with Gasteiger partial charge in [0, 0.05) is 13.2 Å². The molecule has 1 rings (SSSR count). The van der Waals surface area contributed by atoms with Crippen molar-refractivity contribution in [3.8, 4) is 0 Å². The van der Waals surface area contributed by atoms with E-state index in [9.17, 15) is 13.2 Å². The van der Waals surface area contributed by atoms with Gasteiger partial charge in [-0.25, -0.2) is 0 Å². The summed E-state index contributed by atoms with van der Waals surface area (Å²) in [6.07, 6.45) is -0.0153. The van der Waals surface area contributed by atoms with Crippen molar-refractivity contribution in [2.45, 2.75) is 77.1 Å². The van der Waals surface area contributed by atoms with Crippen LogP contribution in [0.5, 0.6) is 0 Å². The van der Waals surface area contributed by atoms with E-state index in [0.717, 1.165) is 19.3 Å². The van der Waals surface area contributed by atoms with Crippen molar-refractivity contribution in [3.05, 3.63) is 0 Å². The maximum absolute atomic E-state index is 13.3. The van der Waals surface area contributed by atoms with Gasteiger partial charge >= 0.3 is 6.18 Å². The van der Waals surface area contributed by atoms with E-state index in [4.69, 9.17) is 4.74 Å². The molecule has 5 heteroatoms. The van der Waals surface area contributed by atoms with Gasteiger partial charge in [-0.2, -0.15) is 13.2 Å². The van der Waals surface area contributed by atoms with Gasteiger partial charge in [0.15, 0.2) is 0 Å². The second kappa shape index (κ2) is 7.82. The van der Waals surface area contributed by atoms with E-state index >= 15 is 0 Å². The van der Waals surface area contributed by atoms with Crippen LogP contribution in [0.25, 0.3) is 0 Å². The van der Waals surface area contributed by atoms with Crippen LogP contribution in [0.15, 0.2) is 0 Å². The van der Waals surface area contributed by atoms with Gasteiger partial charge in [0.05, 0.1) is 11.5 Å². The van der Waals surface area contributed by atoms with Crippen molar-refractivity contribution in [3.63, 3.8) is 0 Å². The Labute approximate surface area is 126 Å². The zero-order valence-electron chi connectivity index (χ0n) is 13.7. The van der Waals surface area contributed by atoms with Crippen LogP contribution in [0.1, 0.15) is 59.3 Å². The van der Waals surface area contributed by atoms with Gasteiger partial charge in [-0.3, -0.25) is 0 Å². The summed E-state index contributed by atoms with van der Waals surface area (Å²) in [7, 11) is 1.65. The Bertz CT molecular complexity index is 304. The minimum atomic E-state index is -4.07. The number of methoxy groups -OCH3 is 1. The number of nitrogens with one attached hydrogen (secondary N) is 1. The standard InChI is InChI=1S/C16H30F3NO/c1-5-20-14(10-11-15(2,3)21-4)12-8-6-7-9-13(12)16(17,18)19/h12-14,20H,5-11H2,1-4H3. The second-order valence-corrected chi connectivity index (χ2v) is 6.76. The quantitative estimate of drug-likeness (QED) is 0.745. The van der Waals surface area contributed by atoms with E-state index in [1.807, 2.05) is 20.8 Å². The summed E-state index contributed by atoms with van der Waals surface area (Å²) in [5, 5.41) is 3.30. The number of hydrogen-bond acceptors (Lipinski definition) is 2. The molecule has 0 bridgehead atoms. The van der Waals surface area contributed by atoms with Gasteiger partial charge < -0.3 is 10.1 Å². The largest absolute Gasteiger partial charge is 0.392 e. The van der Waals surface area contributed by atoms with Gasteiger partial charge in [-0.1, -0.05) is 19.8 Å². The molecule has 0 heterocycles. The topological polar surface area (TPSA) is 21.3 Å². The maximum atomic E-state index is 13.3. The van der Waals surface area contributed by atoms with Crippen LogP contribution in [-0.2, 0) is 4.74 Å². The van der Waals surface area contributed by atoms with Crippen molar-refractivity contribution in [2.24, 2.45) is 11.8 Å². The van der Waals surface area contributed by atoms with Crippen molar-refractivity contribution < 1.29 is 17.9 Å². The molecule has 3 unspecified atom stereocenters. The van der Waals surface area contributed by atoms with Crippen LogP contribution in [0.4, 0.5) is 13.2 Å². The number of halogens is 3. The highest BCUT2D eigenvalue weighted by atomic mass is 19.4. The fraction of sp³-hybridized carbons (Fsp3) is 1.00. The van der Waals surface area contributed by atoms with Crippen LogP contribution >= 0.6 is 0 Å². The van der Waals surface area contributed by atoms with E-state index < -0.39 is 12.1 Å². The van der Waals surface area contributed by atoms with Crippen molar-refractivity contribution >= 4 is 0 Å². The third-order valence-electron chi connectivity index (χ3n) is 4.83. The molecule has 0 spiro atoms. The molecule has 0 amide bonds. The monoisotopic (exact) mass is 309 g/mol. The van der Waals surface area contributed by atoms with Gasteiger partial charge in [-0.05, 0) is 52.0 Å². The van der Waals surface area contributed by atoms with Gasteiger partial charge in [-0.15, -0.1) is 0 Å². The molecule has 1 saturated carbocycles. The Morgan fingerprint density at radius 1 is 1.19 bits per heavy atom. The van der Waals surface area contributed by atoms with Crippen LogP contribution in [0.3, 0.4) is 0 Å². The molecule has 21 heavy (non-hydrogen) atoms. The Morgan fingerprint density at radius 3 is 2.33 bits per heavy atom. The molecular formula is C16H30F3NO. The molecule has 126 valence electrons. The fourth-order valence-corrected chi connectivity index (χ4v) is 3.38. The molecule has 0 aromatic heterocycles. The summed E-state index contributed by atoms with van der Waals surface area (Å²) in [6, 6.07) is -0.0728. The van der Waals surface area contributed by atoms with Gasteiger partial charge in [0.25, 0.3) is 0 Å². The molecular weight excluding hydrogens is 279 g/mol. The second-order valence-electron chi connectivity index (χ2n) is 6.76. The fourth-order valence-electron chi connectivity index (χ4n) is 3.38. The average molecular weight is 309 g/mol. The van der Waals surface area contributed by atoms with Crippen LogP contribution in [0, 0.1) is 11.8 Å². The highest BCUT2D eigenvalue weighted by Gasteiger charge is 2.47. The minimum absolute atomic E-state index is 0.0728.